The molecule has 84 heavy (non-hydrogen) atoms. The van der Waals surface area contributed by atoms with Gasteiger partial charge in [-0.25, -0.2) is 0 Å². The molecular formula is C70H127NO13. The first-order chi connectivity index (χ1) is 41.1. The molecule has 0 aromatic heterocycles. The van der Waals surface area contributed by atoms with Gasteiger partial charge >= 0.3 is 0 Å². The van der Waals surface area contributed by atoms with E-state index >= 15 is 0 Å². The Balaban J connectivity index is 1.63. The highest BCUT2D eigenvalue weighted by molar-refractivity contribution is 5.76. The van der Waals surface area contributed by atoms with Gasteiger partial charge in [0.1, 0.15) is 48.8 Å². The number of carbonyl (C=O) groups excluding carboxylic acids is 1. The van der Waals surface area contributed by atoms with Crippen LogP contribution in [0.1, 0.15) is 284 Å². The second-order valence-corrected chi connectivity index (χ2v) is 24.3. The monoisotopic (exact) mass is 1190 g/mol. The number of aliphatic hydroxyl groups excluding tert-OH is 8. The van der Waals surface area contributed by atoms with Crippen molar-refractivity contribution < 1.29 is 64.6 Å². The summed E-state index contributed by atoms with van der Waals surface area (Å²) in [5.41, 5.74) is 0. The van der Waals surface area contributed by atoms with Crippen LogP contribution in [-0.2, 0) is 23.7 Å². The third kappa shape index (κ3) is 38.9. The van der Waals surface area contributed by atoms with Crippen LogP contribution in [0.25, 0.3) is 0 Å². The first-order valence-electron chi connectivity index (χ1n) is 34.5. The van der Waals surface area contributed by atoms with Crippen molar-refractivity contribution in [2.45, 2.75) is 357 Å². The van der Waals surface area contributed by atoms with Gasteiger partial charge in [-0.1, -0.05) is 280 Å². The lowest BCUT2D eigenvalue weighted by Crippen LogP contribution is -2.65. The number of unbranched alkanes of at least 4 members (excludes halogenated alkanes) is 33. The second-order valence-electron chi connectivity index (χ2n) is 24.3. The van der Waals surface area contributed by atoms with E-state index in [0.717, 1.165) is 83.5 Å². The van der Waals surface area contributed by atoms with Gasteiger partial charge in [-0.15, -0.1) is 0 Å². The van der Waals surface area contributed by atoms with Crippen molar-refractivity contribution in [1.82, 2.24) is 5.32 Å². The molecule has 12 unspecified atom stereocenters. The van der Waals surface area contributed by atoms with Crippen LogP contribution >= 0.6 is 0 Å². The first kappa shape index (κ1) is 77.8. The molecule has 14 nitrogen and oxygen atoms in total. The van der Waals surface area contributed by atoms with Crippen LogP contribution in [0.4, 0.5) is 0 Å². The van der Waals surface area contributed by atoms with E-state index < -0.39 is 86.8 Å². The number of hydrogen-bond donors (Lipinski definition) is 9. The van der Waals surface area contributed by atoms with Gasteiger partial charge in [-0.05, 0) is 57.8 Å². The molecule has 2 heterocycles. The number of hydrogen-bond acceptors (Lipinski definition) is 13. The maximum atomic E-state index is 13.3. The van der Waals surface area contributed by atoms with E-state index in [9.17, 15) is 45.6 Å². The van der Waals surface area contributed by atoms with E-state index in [1.165, 1.54) is 173 Å². The van der Waals surface area contributed by atoms with Crippen molar-refractivity contribution in [3.63, 3.8) is 0 Å². The van der Waals surface area contributed by atoms with Gasteiger partial charge < -0.3 is 65.1 Å². The van der Waals surface area contributed by atoms with Gasteiger partial charge in [0.25, 0.3) is 0 Å². The molecule has 2 aliphatic heterocycles. The number of amides is 1. The van der Waals surface area contributed by atoms with Crippen LogP contribution in [0, 0.1) is 0 Å². The molecule has 0 aromatic rings. The number of aliphatic hydroxyl groups is 8. The molecule has 2 aliphatic rings. The summed E-state index contributed by atoms with van der Waals surface area (Å²) in [6.07, 6.45) is 55.2. The highest BCUT2D eigenvalue weighted by Crippen LogP contribution is 2.30. The molecule has 490 valence electrons. The SMILES string of the molecule is CC/C=C\C/C=C\C/C=C\C/C=C\C/C=C\CCCCCCCCCCCCCCCCCCCC(=O)NC(COC1OC(CO)C(OC2OC(CO)C(O)C(O)C2O)C(O)C1O)C(O)CCCCCCCCCCCCCCCCCCC. The van der Waals surface area contributed by atoms with Gasteiger partial charge in [0.05, 0.1) is 32.0 Å². The molecule has 0 radical (unpaired) electrons. The van der Waals surface area contributed by atoms with Gasteiger partial charge in [-0.2, -0.15) is 0 Å². The lowest BCUT2D eigenvalue weighted by atomic mass is 9.97. The molecule has 9 N–H and O–H groups in total. The molecule has 0 bridgehead atoms. The fraction of sp³-hybridized carbons (Fsp3) is 0.843. The number of rotatable bonds is 56. The molecule has 2 fully saturated rings. The van der Waals surface area contributed by atoms with Crippen LogP contribution < -0.4 is 5.32 Å². The molecule has 2 saturated heterocycles. The van der Waals surface area contributed by atoms with E-state index in [-0.39, 0.29) is 12.5 Å². The van der Waals surface area contributed by atoms with Crippen LogP contribution in [-0.4, -0.2) is 140 Å². The largest absolute Gasteiger partial charge is 0.394 e. The minimum atomic E-state index is -1.78. The Morgan fingerprint density at radius 1 is 0.440 bits per heavy atom. The molecule has 0 aliphatic carbocycles. The first-order valence-corrected chi connectivity index (χ1v) is 34.5. The van der Waals surface area contributed by atoms with Gasteiger partial charge in [-0.3, -0.25) is 4.79 Å². The highest BCUT2D eigenvalue weighted by atomic mass is 16.7. The van der Waals surface area contributed by atoms with E-state index in [1.807, 2.05) is 0 Å². The number of carbonyl (C=O) groups is 1. The summed E-state index contributed by atoms with van der Waals surface area (Å²) >= 11 is 0. The number of allylic oxidation sites excluding steroid dienone is 10. The van der Waals surface area contributed by atoms with Crippen molar-refractivity contribution in [2.24, 2.45) is 0 Å². The lowest BCUT2D eigenvalue weighted by Gasteiger charge is -2.46. The van der Waals surface area contributed by atoms with Crippen molar-refractivity contribution in [3.05, 3.63) is 60.8 Å². The van der Waals surface area contributed by atoms with Crippen molar-refractivity contribution in [3.8, 4) is 0 Å². The van der Waals surface area contributed by atoms with Gasteiger partial charge in [0, 0.05) is 6.42 Å². The van der Waals surface area contributed by atoms with Crippen LogP contribution in [0.5, 0.6) is 0 Å². The predicted octanol–water partition coefficient (Wildman–Crippen LogP) is 13.7. The van der Waals surface area contributed by atoms with Gasteiger partial charge in [0.15, 0.2) is 12.6 Å². The molecule has 0 spiro atoms. The second kappa shape index (κ2) is 54.8. The molecule has 0 aromatic carbocycles. The normalized spacial score (nSPS) is 24.0. The fourth-order valence-electron chi connectivity index (χ4n) is 11.3. The number of nitrogens with one attached hydrogen (secondary N) is 1. The average Bonchev–Trinajstić information content (AvgIpc) is 3.17. The Hall–Kier alpha value is -2.31. The smallest absolute Gasteiger partial charge is 0.220 e. The van der Waals surface area contributed by atoms with Crippen LogP contribution in [0.2, 0.25) is 0 Å². The minimum Gasteiger partial charge on any atom is -0.394 e. The Labute approximate surface area is 511 Å². The number of ether oxygens (including phenoxy) is 4. The third-order valence-corrected chi connectivity index (χ3v) is 16.7. The topological polar surface area (TPSA) is 228 Å². The standard InChI is InChI=1S/C70H127NO13/c1-3-5-7-9-11-13-15-17-19-21-22-23-24-25-26-27-28-29-30-31-32-33-34-35-36-38-40-42-44-46-48-50-52-54-62(75)71-58(59(74)53-51-49-47-45-43-41-39-37-20-18-16-14-12-10-8-6-4-2)57-81-69-67(80)65(78)68(61(56-73)83-69)84-70-66(79)64(77)63(76)60(55-72)82-70/h5,7,11,13,17,19,22-23,25-26,58-61,63-70,72-74,76-80H,3-4,6,8-10,12,14-16,18,20-21,24,27-57H2,1-2H3,(H,71,75)/b7-5-,13-11-,19-17-,23-22-,26-25-. The molecule has 1 amide bonds. The maximum absolute atomic E-state index is 13.3. The van der Waals surface area contributed by atoms with E-state index in [0.29, 0.717) is 12.8 Å². The Morgan fingerprint density at radius 3 is 1.26 bits per heavy atom. The molecule has 2 rings (SSSR count). The predicted molar refractivity (Wildman–Crippen MR) is 341 cm³/mol. The highest BCUT2D eigenvalue weighted by Gasteiger charge is 2.51. The summed E-state index contributed by atoms with van der Waals surface area (Å²) in [5, 5.41) is 87.5. The Bertz CT molecular complexity index is 1640. The average molecular weight is 1190 g/mol. The zero-order valence-corrected chi connectivity index (χ0v) is 53.1. The van der Waals surface area contributed by atoms with Gasteiger partial charge in [0.2, 0.25) is 5.91 Å². The van der Waals surface area contributed by atoms with Crippen LogP contribution in [0.3, 0.4) is 0 Å². The zero-order chi connectivity index (χ0) is 60.9. The lowest BCUT2D eigenvalue weighted by molar-refractivity contribution is -0.359. The summed E-state index contributed by atoms with van der Waals surface area (Å²) in [4.78, 5) is 13.3. The maximum Gasteiger partial charge on any atom is 0.220 e. The summed E-state index contributed by atoms with van der Waals surface area (Å²) in [6, 6.07) is -0.830. The minimum absolute atomic E-state index is 0.204. The summed E-state index contributed by atoms with van der Waals surface area (Å²) < 4.78 is 22.9. The van der Waals surface area contributed by atoms with Crippen molar-refractivity contribution >= 4 is 5.91 Å². The fourth-order valence-corrected chi connectivity index (χ4v) is 11.3. The Kier molecular flexibility index (Phi) is 50.8. The van der Waals surface area contributed by atoms with Crippen molar-refractivity contribution in [2.75, 3.05) is 19.8 Å². The Morgan fingerprint density at radius 2 is 0.821 bits per heavy atom. The summed E-state index contributed by atoms with van der Waals surface area (Å²) in [5.74, 6) is -0.204. The van der Waals surface area contributed by atoms with E-state index in [2.05, 4.69) is 79.9 Å². The molecule has 0 saturated carbocycles. The molecule has 12 atom stereocenters. The molecular weight excluding hydrogens is 1060 g/mol. The van der Waals surface area contributed by atoms with Crippen LogP contribution in [0.15, 0.2) is 60.8 Å². The summed E-state index contributed by atoms with van der Waals surface area (Å²) in [6.45, 7) is 2.78. The van der Waals surface area contributed by atoms with E-state index in [1.54, 1.807) is 0 Å². The molecule has 14 heteroatoms. The quantitative estimate of drug-likeness (QED) is 0.0204. The van der Waals surface area contributed by atoms with E-state index in [4.69, 9.17) is 18.9 Å². The summed E-state index contributed by atoms with van der Waals surface area (Å²) in [7, 11) is 0. The zero-order valence-electron chi connectivity index (χ0n) is 53.1. The third-order valence-electron chi connectivity index (χ3n) is 16.7. The van der Waals surface area contributed by atoms with Crippen molar-refractivity contribution in [1.29, 1.82) is 0 Å².